The summed E-state index contributed by atoms with van der Waals surface area (Å²) in [5, 5.41) is 12.8. The number of phenols is 1. The molecule has 0 fully saturated rings. The van der Waals surface area contributed by atoms with Crippen LogP contribution in [-0.4, -0.2) is 19.6 Å². The van der Waals surface area contributed by atoms with E-state index >= 15 is 0 Å². The Bertz CT molecular complexity index is 1660. The minimum atomic E-state index is 0.239. The van der Waals surface area contributed by atoms with E-state index in [0.717, 1.165) is 51.2 Å². The van der Waals surface area contributed by atoms with E-state index in [9.17, 15) is 5.11 Å². The van der Waals surface area contributed by atoms with E-state index in [1.54, 1.807) is 6.07 Å². The summed E-state index contributed by atoms with van der Waals surface area (Å²) >= 11 is 0. The molecule has 6 rings (SSSR count). The van der Waals surface area contributed by atoms with Crippen molar-refractivity contribution >= 4 is 21.9 Å². The number of rotatable bonds is 5. The van der Waals surface area contributed by atoms with E-state index in [0.29, 0.717) is 5.92 Å². The summed E-state index contributed by atoms with van der Waals surface area (Å²) in [5.74, 6) is 0.746. The highest BCUT2D eigenvalue weighted by Crippen LogP contribution is 2.34. The van der Waals surface area contributed by atoms with Crippen molar-refractivity contribution in [3.05, 3.63) is 109 Å². The summed E-state index contributed by atoms with van der Waals surface area (Å²) < 4.78 is 2.22. The number of aromatic nitrogens is 3. The van der Waals surface area contributed by atoms with Gasteiger partial charge in [0.1, 0.15) is 11.4 Å². The van der Waals surface area contributed by atoms with Crippen LogP contribution in [-0.2, 0) is 6.42 Å². The highest BCUT2D eigenvalue weighted by molar-refractivity contribution is 6.07. The number of benzene rings is 3. The second-order valence-electron chi connectivity index (χ2n) is 9.64. The monoisotopic (exact) mass is 469 g/mol. The van der Waals surface area contributed by atoms with Gasteiger partial charge in [-0.2, -0.15) is 0 Å². The molecule has 3 aromatic heterocycles. The fourth-order valence-corrected chi connectivity index (χ4v) is 5.01. The zero-order valence-electron chi connectivity index (χ0n) is 20.4. The van der Waals surface area contributed by atoms with Gasteiger partial charge >= 0.3 is 0 Å². The van der Waals surface area contributed by atoms with E-state index in [1.165, 1.54) is 10.9 Å². The van der Waals surface area contributed by atoms with Gasteiger partial charge in [0.05, 0.1) is 16.9 Å². The lowest BCUT2D eigenvalue weighted by Gasteiger charge is -2.13. The molecule has 0 aliphatic rings. The summed E-state index contributed by atoms with van der Waals surface area (Å²) in [7, 11) is 0. The van der Waals surface area contributed by atoms with Gasteiger partial charge in [-0.05, 0) is 72.5 Å². The smallest absolute Gasteiger partial charge is 0.145 e. The van der Waals surface area contributed by atoms with Crippen molar-refractivity contribution < 1.29 is 5.11 Å². The Kier molecular flexibility index (Phi) is 5.49. The first kappa shape index (κ1) is 22.1. The average molecular weight is 470 g/mol. The molecular weight excluding hydrogens is 442 g/mol. The standard InChI is InChI=1S/C32H27N3O/c1-21(2)17-22-18-28(34-29(19-22)27-12-4-6-15-31(27)36)23-9-7-10-24(20-23)35-30-14-5-3-11-25(30)26-13-8-16-33-32(26)35/h3-16,18-21,36H,17H2,1-2H3. The molecule has 4 heteroatoms. The van der Waals surface area contributed by atoms with Gasteiger partial charge in [-0.25, -0.2) is 9.97 Å². The highest BCUT2D eigenvalue weighted by atomic mass is 16.3. The van der Waals surface area contributed by atoms with Gasteiger partial charge in [-0.15, -0.1) is 0 Å². The number of nitrogens with zero attached hydrogens (tertiary/aromatic N) is 3. The van der Waals surface area contributed by atoms with Crippen LogP contribution in [0.15, 0.2) is 103 Å². The van der Waals surface area contributed by atoms with Gasteiger partial charge in [-0.1, -0.05) is 56.3 Å². The molecule has 0 aliphatic carbocycles. The SMILES string of the molecule is CC(C)Cc1cc(-c2cccc(-n3c4ccccc4c4cccnc43)c2)nc(-c2ccccc2O)c1. The molecule has 176 valence electrons. The first-order chi connectivity index (χ1) is 17.6. The molecule has 0 atom stereocenters. The van der Waals surface area contributed by atoms with Crippen LogP contribution in [0.25, 0.3) is 50.1 Å². The second-order valence-corrected chi connectivity index (χ2v) is 9.64. The van der Waals surface area contributed by atoms with Gasteiger partial charge in [0.2, 0.25) is 0 Å². The van der Waals surface area contributed by atoms with Crippen LogP contribution in [0.3, 0.4) is 0 Å². The average Bonchev–Trinajstić information content (AvgIpc) is 3.23. The largest absolute Gasteiger partial charge is 0.507 e. The van der Waals surface area contributed by atoms with Crippen molar-refractivity contribution in [2.75, 3.05) is 0 Å². The maximum absolute atomic E-state index is 10.5. The van der Waals surface area contributed by atoms with Crippen LogP contribution in [0, 0.1) is 5.92 Å². The summed E-state index contributed by atoms with van der Waals surface area (Å²) in [6.45, 7) is 4.44. The second kappa shape index (κ2) is 8.97. The fourth-order valence-electron chi connectivity index (χ4n) is 5.01. The Hall–Kier alpha value is -4.44. The molecule has 0 radical (unpaired) electrons. The van der Waals surface area contributed by atoms with Crippen LogP contribution >= 0.6 is 0 Å². The van der Waals surface area contributed by atoms with Gasteiger partial charge in [0.15, 0.2) is 0 Å². The molecule has 0 saturated carbocycles. The van der Waals surface area contributed by atoms with Crippen LogP contribution in [0.5, 0.6) is 5.75 Å². The molecule has 1 N–H and O–H groups in total. The minimum Gasteiger partial charge on any atom is -0.507 e. The highest BCUT2D eigenvalue weighted by Gasteiger charge is 2.15. The Morgan fingerprint density at radius 3 is 2.42 bits per heavy atom. The number of para-hydroxylation sites is 2. The number of fused-ring (bicyclic) bond motifs is 3. The van der Waals surface area contributed by atoms with E-state index in [4.69, 9.17) is 9.97 Å². The predicted octanol–water partition coefficient (Wildman–Crippen LogP) is 7.81. The zero-order valence-corrected chi connectivity index (χ0v) is 20.4. The Morgan fingerprint density at radius 1 is 0.778 bits per heavy atom. The minimum absolute atomic E-state index is 0.239. The Morgan fingerprint density at radius 2 is 1.56 bits per heavy atom. The van der Waals surface area contributed by atoms with Gasteiger partial charge in [-0.3, -0.25) is 4.57 Å². The lowest BCUT2D eigenvalue weighted by molar-refractivity contribution is 0.477. The first-order valence-electron chi connectivity index (χ1n) is 12.3. The van der Waals surface area contributed by atoms with Crippen LogP contribution in [0.2, 0.25) is 0 Å². The molecule has 3 aromatic carbocycles. The zero-order chi connectivity index (χ0) is 24.6. The predicted molar refractivity (Wildman–Crippen MR) is 147 cm³/mol. The molecule has 0 unspecified atom stereocenters. The van der Waals surface area contributed by atoms with Gasteiger partial charge < -0.3 is 5.11 Å². The Balaban J connectivity index is 1.54. The summed E-state index contributed by atoms with van der Waals surface area (Å²) in [5.41, 5.74) is 7.75. The fraction of sp³-hybridized carbons (Fsp3) is 0.125. The molecule has 0 amide bonds. The molecule has 6 aromatic rings. The molecular formula is C32H27N3O. The third-order valence-corrected chi connectivity index (χ3v) is 6.54. The van der Waals surface area contributed by atoms with Crippen molar-refractivity contribution in [2.45, 2.75) is 20.3 Å². The number of hydrogen-bond donors (Lipinski definition) is 1. The number of pyridine rings is 2. The summed E-state index contributed by atoms with van der Waals surface area (Å²) in [6, 6.07) is 32.7. The molecule has 0 spiro atoms. The third kappa shape index (κ3) is 3.91. The van der Waals surface area contributed by atoms with Crippen LogP contribution in [0.1, 0.15) is 19.4 Å². The van der Waals surface area contributed by atoms with Crippen molar-refractivity contribution in [2.24, 2.45) is 5.92 Å². The summed E-state index contributed by atoms with van der Waals surface area (Å²) in [4.78, 5) is 9.73. The van der Waals surface area contributed by atoms with Crippen LogP contribution < -0.4 is 0 Å². The van der Waals surface area contributed by atoms with Gasteiger partial charge in [0, 0.05) is 33.8 Å². The maximum atomic E-state index is 10.5. The van der Waals surface area contributed by atoms with E-state index in [1.807, 2.05) is 30.5 Å². The van der Waals surface area contributed by atoms with E-state index in [-0.39, 0.29) is 5.75 Å². The molecule has 0 saturated heterocycles. The lowest BCUT2D eigenvalue weighted by atomic mass is 9.98. The van der Waals surface area contributed by atoms with Crippen molar-refractivity contribution in [3.63, 3.8) is 0 Å². The number of phenolic OH excluding ortho intramolecular Hbond substituents is 1. The molecule has 36 heavy (non-hydrogen) atoms. The first-order valence-corrected chi connectivity index (χ1v) is 12.3. The van der Waals surface area contributed by atoms with Crippen LogP contribution in [0.4, 0.5) is 0 Å². The summed E-state index contributed by atoms with van der Waals surface area (Å²) in [6.07, 6.45) is 2.78. The lowest BCUT2D eigenvalue weighted by Crippen LogP contribution is -1.99. The molecule has 4 nitrogen and oxygen atoms in total. The number of aromatic hydroxyl groups is 1. The van der Waals surface area contributed by atoms with Crippen molar-refractivity contribution in [3.8, 4) is 34.0 Å². The molecule has 3 heterocycles. The topological polar surface area (TPSA) is 50.9 Å². The van der Waals surface area contributed by atoms with E-state index < -0.39 is 0 Å². The Labute approximate surface area is 210 Å². The molecule has 0 aliphatic heterocycles. The van der Waals surface area contributed by atoms with E-state index in [2.05, 4.69) is 85.1 Å². The third-order valence-electron chi connectivity index (χ3n) is 6.54. The molecule has 0 bridgehead atoms. The quantitative estimate of drug-likeness (QED) is 0.280. The van der Waals surface area contributed by atoms with Crippen molar-refractivity contribution in [1.82, 2.24) is 14.5 Å². The number of hydrogen-bond acceptors (Lipinski definition) is 3. The maximum Gasteiger partial charge on any atom is 0.145 e. The van der Waals surface area contributed by atoms with Crippen molar-refractivity contribution in [1.29, 1.82) is 0 Å². The normalized spacial score (nSPS) is 11.5. The van der Waals surface area contributed by atoms with Gasteiger partial charge in [0.25, 0.3) is 0 Å².